The molecule has 0 aromatic carbocycles. The quantitative estimate of drug-likeness (QED) is 0.574. The molecule has 2 rings (SSSR count). The van der Waals surface area contributed by atoms with Crippen LogP contribution in [0.5, 0.6) is 0 Å². The van der Waals surface area contributed by atoms with Gasteiger partial charge in [0, 0.05) is 12.2 Å². The third-order valence-corrected chi connectivity index (χ3v) is 3.41. The van der Waals surface area contributed by atoms with Crippen molar-refractivity contribution < 1.29 is 4.79 Å². The van der Waals surface area contributed by atoms with E-state index in [1.165, 1.54) is 11.8 Å². The molecule has 0 bridgehead atoms. The Balaban J connectivity index is 1.92. The van der Waals surface area contributed by atoms with Gasteiger partial charge in [0.25, 0.3) is 5.91 Å². The summed E-state index contributed by atoms with van der Waals surface area (Å²) in [5.41, 5.74) is 4.18. The maximum atomic E-state index is 12.0. The number of nitrogen functional groups attached to an aromatic ring is 1. The summed E-state index contributed by atoms with van der Waals surface area (Å²) in [4.78, 5) is 16.0. The summed E-state index contributed by atoms with van der Waals surface area (Å²) in [6.07, 6.45) is 2.33. The fourth-order valence-electron chi connectivity index (χ4n) is 1.73. The molecule has 0 aliphatic carbocycles. The zero-order valence-corrected chi connectivity index (χ0v) is 11.4. The molecule has 2 aromatic heterocycles. The van der Waals surface area contributed by atoms with E-state index in [9.17, 15) is 4.79 Å². The average Bonchev–Trinajstić information content (AvgIpc) is 2.91. The molecule has 0 aliphatic heterocycles. The molecule has 1 unspecified atom stereocenters. The van der Waals surface area contributed by atoms with E-state index < -0.39 is 0 Å². The van der Waals surface area contributed by atoms with Gasteiger partial charge in [0.1, 0.15) is 5.82 Å². The van der Waals surface area contributed by atoms with Crippen LogP contribution in [0.2, 0.25) is 0 Å². The average molecular weight is 276 g/mol. The van der Waals surface area contributed by atoms with Crippen LogP contribution in [0, 0.1) is 0 Å². The normalized spacial score (nSPS) is 11.9. The van der Waals surface area contributed by atoms with Crippen LogP contribution in [-0.4, -0.2) is 16.9 Å². The third kappa shape index (κ3) is 3.77. The first-order valence-electron chi connectivity index (χ1n) is 5.93. The van der Waals surface area contributed by atoms with E-state index in [4.69, 9.17) is 5.84 Å². The molecule has 4 N–H and O–H groups in total. The summed E-state index contributed by atoms with van der Waals surface area (Å²) in [5.74, 6) is 5.62. The number of thiophene rings is 1. The number of nitrogens with one attached hydrogen (secondary N) is 2. The fraction of sp³-hybridized carbons (Fsp3) is 0.231. The van der Waals surface area contributed by atoms with Crippen molar-refractivity contribution in [3.05, 3.63) is 46.3 Å². The molecule has 0 saturated heterocycles. The summed E-state index contributed by atoms with van der Waals surface area (Å²) in [6.45, 7) is 1.98. The molecular formula is C13H16N4OS. The molecule has 1 atom stereocenters. The number of carbonyl (C=O) groups is 1. The van der Waals surface area contributed by atoms with E-state index in [0.717, 1.165) is 6.42 Å². The largest absolute Gasteiger partial charge is 0.349 e. The second-order valence-corrected chi connectivity index (χ2v) is 5.07. The van der Waals surface area contributed by atoms with Crippen molar-refractivity contribution in [1.29, 1.82) is 0 Å². The lowest BCUT2D eigenvalue weighted by molar-refractivity contribution is 0.0940. The molecular weight excluding hydrogens is 260 g/mol. The van der Waals surface area contributed by atoms with Crippen molar-refractivity contribution in [2.45, 2.75) is 19.4 Å². The maximum absolute atomic E-state index is 12.0. The van der Waals surface area contributed by atoms with Crippen molar-refractivity contribution in [2.24, 2.45) is 5.84 Å². The summed E-state index contributed by atoms with van der Waals surface area (Å²) >= 11 is 1.66. The van der Waals surface area contributed by atoms with Crippen molar-refractivity contribution in [1.82, 2.24) is 10.3 Å². The van der Waals surface area contributed by atoms with Crippen LogP contribution in [0.4, 0.5) is 5.82 Å². The Labute approximate surface area is 115 Å². The maximum Gasteiger partial charge on any atom is 0.253 e. The summed E-state index contributed by atoms with van der Waals surface area (Å²) in [7, 11) is 0. The van der Waals surface area contributed by atoms with Gasteiger partial charge in [-0.1, -0.05) is 0 Å². The topological polar surface area (TPSA) is 80.0 Å². The number of hydrazine groups is 1. The minimum Gasteiger partial charge on any atom is -0.349 e. The van der Waals surface area contributed by atoms with Gasteiger partial charge in [0.05, 0.1) is 5.56 Å². The van der Waals surface area contributed by atoms with E-state index >= 15 is 0 Å². The van der Waals surface area contributed by atoms with E-state index in [1.807, 2.05) is 12.3 Å². The van der Waals surface area contributed by atoms with E-state index in [1.54, 1.807) is 23.5 Å². The highest BCUT2D eigenvalue weighted by Crippen LogP contribution is 2.09. The molecule has 0 fully saturated rings. The van der Waals surface area contributed by atoms with E-state index in [2.05, 4.69) is 27.2 Å². The lowest BCUT2D eigenvalue weighted by Gasteiger charge is -2.13. The first kappa shape index (κ1) is 13.5. The van der Waals surface area contributed by atoms with E-state index in [0.29, 0.717) is 11.4 Å². The molecule has 0 spiro atoms. The molecule has 0 aliphatic rings. The highest BCUT2D eigenvalue weighted by atomic mass is 32.1. The van der Waals surface area contributed by atoms with Crippen molar-refractivity contribution in [3.63, 3.8) is 0 Å². The summed E-state index contributed by atoms with van der Waals surface area (Å²) in [5, 5.41) is 7.07. The minimum absolute atomic E-state index is 0.0782. The van der Waals surface area contributed by atoms with Gasteiger partial charge in [-0.3, -0.25) is 4.79 Å². The van der Waals surface area contributed by atoms with E-state index in [-0.39, 0.29) is 11.9 Å². The number of hydrogen-bond acceptors (Lipinski definition) is 5. The molecule has 0 saturated carbocycles. The number of nitrogens with two attached hydrogens (primary N) is 1. The first-order valence-corrected chi connectivity index (χ1v) is 6.88. The van der Waals surface area contributed by atoms with Gasteiger partial charge >= 0.3 is 0 Å². The molecule has 0 radical (unpaired) electrons. The monoisotopic (exact) mass is 276 g/mol. The van der Waals surface area contributed by atoms with Crippen LogP contribution in [0.15, 0.2) is 35.2 Å². The van der Waals surface area contributed by atoms with Gasteiger partial charge in [-0.15, -0.1) is 0 Å². The Morgan fingerprint density at radius 1 is 1.47 bits per heavy atom. The molecule has 100 valence electrons. The van der Waals surface area contributed by atoms with Crippen molar-refractivity contribution in [2.75, 3.05) is 5.43 Å². The lowest BCUT2D eigenvalue weighted by Crippen LogP contribution is -2.34. The standard InChI is InChI=1S/C13H16N4OS/c1-9(6-10-4-5-19-8-10)16-13(18)11-2-3-12(17-14)15-7-11/h2-5,7-9H,6,14H2,1H3,(H,15,17)(H,16,18). The van der Waals surface area contributed by atoms with Gasteiger partial charge in [0.15, 0.2) is 0 Å². The van der Waals surface area contributed by atoms with Gasteiger partial charge in [-0.2, -0.15) is 11.3 Å². The van der Waals surface area contributed by atoms with Gasteiger partial charge in [-0.05, 0) is 47.9 Å². The minimum atomic E-state index is -0.126. The van der Waals surface area contributed by atoms with Crippen LogP contribution >= 0.6 is 11.3 Å². The highest BCUT2D eigenvalue weighted by molar-refractivity contribution is 7.07. The summed E-state index contributed by atoms with van der Waals surface area (Å²) in [6, 6.07) is 5.50. The molecule has 1 amide bonds. The number of amides is 1. The smallest absolute Gasteiger partial charge is 0.253 e. The molecule has 6 heteroatoms. The second-order valence-electron chi connectivity index (χ2n) is 4.29. The van der Waals surface area contributed by atoms with Crippen LogP contribution in [-0.2, 0) is 6.42 Å². The molecule has 5 nitrogen and oxygen atoms in total. The van der Waals surface area contributed by atoms with Gasteiger partial charge in [0.2, 0.25) is 0 Å². The van der Waals surface area contributed by atoms with Gasteiger partial charge < -0.3 is 10.7 Å². The van der Waals surface area contributed by atoms with Crippen molar-refractivity contribution >= 4 is 23.1 Å². The number of carbonyl (C=O) groups excluding carboxylic acids is 1. The van der Waals surface area contributed by atoms with Gasteiger partial charge in [-0.25, -0.2) is 10.8 Å². The zero-order valence-electron chi connectivity index (χ0n) is 10.6. The zero-order chi connectivity index (χ0) is 13.7. The predicted molar refractivity (Wildman–Crippen MR) is 77.0 cm³/mol. The molecule has 19 heavy (non-hydrogen) atoms. The Kier molecular flexibility index (Phi) is 4.48. The number of aromatic nitrogens is 1. The first-order chi connectivity index (χ1) is 9.19. The number of anilines is 1. The molecule has 2 heterocycles. The Bertz CT molecular complexity index is 524. The Morgan fingerprint density at radius 3 is 2.89 bits per heavy atom. The number of hydrogen-bond donors (Lipinski definition) is 3. The Hall–Kier alpha value is -1.92. The summed E-state index contributed by atoms with van der Waals surface area (Å²) < 4.78 is 0. The number of pyridine rings is 1. The van der Waals surface area contributed by atoms with Crippen LogP contribution in [0.3, 0.4) is 0 Å². The SMILES string of the molecule is CC(Cc1ccsc1)NC(=O)c1ccc(NN)nc1. The van der Waals surface area contributed by atoms with Crippen LogP contribution < -0.4 is 16.6 Å². The fourth-order valence-corrected chi connectivity index (χ4v) is 2.42. The third-order valence-electron chi connectivity index (χ3n) is 2.67. The number of nitrogens with zero attached hydrogens (tertiary/aromatic N) is 1. The number of rotatable bonds is 5. The highest BCUT2D eigenvalue weighted by Gasteiger charge is 2.10. The van der Waals surface area contributed by atoms with Crippen molar-refractivity contribution in [3.8, 4) is 0 Å². The van der Waals surface area contributed by atoms with Crippen LogP contribution in [0.1, 0.15) is 22.8 Å². The Morgan fingerprint density at radius 2 is 2.32 bits per heavy atom. The van der Waals surface area contributed by atoms with Crippen LogP contribution in [0.25, 0.3) is 0 Å². The predicted octanol–water partition coefficient (Wildman–Crippen LogP) is 1.79. The lowest BCUT2D eigenvalue weighted by atomic mass is 10.1. The second kappa shape index (κ2) is 6.31. The molecule has 2 aromatic rings.